The van der Waals surface area contributed by atoms with Crippen LogP contribution in [0.5, 0.6) is 11.5 Å². The molecule has 3 rings (SSSR count). The number of ether oxygens (including phenoxy) is 2. The third-order valence-corrected chi connectivity index (χ3v) is 5.58. The highest BCUT2D eigenvalue weighted by Gasteiger charge is 2.23. The smallest absolute Gasteiger partial charge is 0.231 e. The van der Waals surface area contributed by atoms with Gasteiger partial charge in [-0.2, -0.15) is 11.8 Å². The average Bonchev–Trinajstić information content (AvgIpc) is 2.87. The highest BCUT2D eigenvalue weighted by Crippen LogP contribution is 2.40. The third-order valence-electron chi connectivity index (χ3n) is 3.99. The van der Waals surface area contributed by atoms with Crippen molar-refractivity contribution in [2.24, 2.45) is 0 Å². The molecule has 2 heterocycles. The van der Waals surface area contributed by atoms with E-state index in [4.69, 9.17) is 21.1 Å². The van der Waals surface area contributed by atoms with Gasteiger partial charge < -0.3 is 14.4 Å². The van der Waals surface area contributed by atoms with Crippen molar-refractivity contribution in [2.45, 2.75) is 24.5 Å². The second-order valence-corrected chi connectivity index (χ2v) is 7.12. The molecule has 120 valence electrons. The Morgan fingerprint density at radius 1 is 1.32 bits per heavy atom. The summed E-state index contributed by atoms with van der Waals surface area (Å²) in [6, 6.07) is 6.16. The molecule has 1 aromatic carbocycles. The van der Waals surface area contributed by atoms with Gasteiger partial charge in [0.25, 0.3) is 0 Å². The lowest BCUT2D eigenvalue weighted by atomic mass is 10.1. The first kappa shape index (κ1) is 15.8. The van der Waals surface area contributed by atoms with Crippen molar-refractivity contribution in [3.8, 4) is 11.5 Å². The Morgan fingerprint density at radius 3 is 3.05 bits per heavy atom. The summed E-state index contributed by atoms with van der Waals surface area (Å²) in [7, 11) is 0. The van der Waals surface area contributed by atoms with Crippen LogP contribution in [0.25, 0.3) is 0 Å². The lowest BCUT2D eigenvalue weighted by Gasteiger charge is -2.20. The number of rotatable bonds is 4. The van der Waals surface area contributed by atoms with Gasteiger partial charge in [-0.05, 0) is 30.5 Å². The first-order chi connectivity index (χ1) is 10.8. The number of benzene rings is 1. The number of alkyl halides is 1. The summed E-state index contributed by atoms with van der Waals surface area (Å²) in [5, 5.41) is 0.403. The van der Waals surface area contributed by atoms with E-state index >= 15 is 0 Å². The normalized spacial score (nSPS) is 20.8. The third kappa shape index (κ3) is 3.63. The highest BCUT2D eigenvalue weighted by atomic mass is 35.5. The van der Waals surface area contributed by atoms with Crippen LogP contribution in [0.2, 0.25) is 0 Å². The van der Waals surface area contributed by atoms with Gasteiger partial charge in [-0.3, -0.25) is 4.79 Å². The van der Waals surface area contributed by atoms with Crippen LogP contribution < -0.4 is 9.47 Å². The number of thioether (sulfide) groups is 1. The zero-order valence-electron chi connectivity index (χ0n) is 12.4. The molecule has 0 aliphatic carbocycles. The number of amides is 1. The second-order valence-electron chi connectivity index (χ2n) is 5.43. The van der Waals surface area contributed by atoms with E-state index in [1.165, 1.54) is 5.56 Å². The van der Waals surface area contributed by atoms with Crippen LogP contribution >= 0.6 is 23.4 Å². The molecule has 1 atom stereocenters. The standard InChI is InChI=1S/C16H20ClNO3S/c17-6-1-2-16(19)18-7-5-15(22-9-8-18)12-3-4-13-14(10-12)21-11-20-13/h3-4,10,15H,1-2,5-9,11H2. The van der Waals surface area contributed by atoms with E-state index in [2.05, 4.69) is 12.1 Å². The molecule has 1 unspecified atom stereocenters. The van der Waals surface area contributed by atoms with E-state index in [0.29, 0.717) is 24.3 Å². The number of hydrogen-bond acceptors (Lipinski definition) is 4. The summed E-state index contributed by atoms with van der Waals surface area (Å²) in [5.74, 6) is 3.39. The molecule has 2 aliphatic heterocycles. The molecule has 1 saturated heterocycles. The first-order valence-electron chi connectivity index (χ1n) is 7.63. The molecule has 0 spiro atoms. The SMILES string of the molecule is O=C(CCCCl)N1CCSC(c2ccc3c(c2)OCO3)CC1. The van der Waals surface area contributed by atoms with Gasteiger partial charge in [0.2, 0.25) is 12.7 Å². The molecule has 2 aliphatic rings. The monoisotopic (exact) mass is 341 g/mol. The molecule has 4 nitrogen and oxygen atoms in total. The van der Waals surface area contributed by atoms with Crippen molar-refractivity contribution in [1.29, 1.82) is 0 Å². The fraction of sp³-hybridized carbons (Fsp3) is 0.562. The van der Waals surface area contributed by atoms with Gasteiger partial charge in [-0.15, -0.1) is 11.6 Å². The van der Waals surface area contributed by atoms with Crippen molar-refractivity contribution in [2.75, 3.05) is 31.5 Å². The molecule has 1 aromatic rings. The number of carbonyl (C=O) groups excluding carboxylic acids is 1. The maximum absolute atomic E-state index is 12.1. The number of halogens is 1. The lowest BCUT2D eigenvalue weighted by Crippen LogP contribution is -2.32. The van der Waals surface area contributed by atoms with E-state index in [9.17, 15) is 4.79 Å². The van der Waals surface area contributed by atoms with Gasteiger partial charge in [0, 0.05) is 36.4 Å². The fourth-order valence-corrected chi connectivity index (χ4v) is 4.13. The summed E-state index contributed by atoms with van der Waals surface area (Å²) >= 11 is 7.58. The number of carbonyl (C=O) groups is 1. The fourth-order valence-electron chi connectivity index (χ4n) is 2.78. The molecular formula is C16H20ClNO3S. The number of nitrogens with zero attached hydrogens (tertiary/aromatic N) is 1. The van der Waals surface area contributed by atoms with Crippen LogP contribution in [-0.4, -0.2) is 42.3 Å². The molecule has 0 saturated carbocycles. The van der Waals surface area contributed by atoms with Crippen LogP contribution in [-0.2, 0) is 4.79 Å². The Morgan fingerprint density at radius 2 is 2.18 bits per heavy atom. The highest BCUT2D eigenvalue weighted by molar-refractivity contribution is 7.99. The van der Waals surface area contributed by atoms with Crippen molar-refractivity contribution in [3.05, 3.63) is 23.8 Å². The lowest BCUT2D eigenvalue weighted by molar-refractivity contribution is -0.130. The summed E-state index contributed by atoms with van der Waals surface area (Å²) < 4.78 is 10.8. The Kier molecular flexibility index (Phi) is 5.37. The van der Waals surface area contributed by atoms with E-state index < -0.39 is 0 Å². The molecular weight excluding hydrogens is 322 g/mol. The molecule has 1 fully saturated rings. The summed E-state index contributed by atoms with van der Waals surface area (Å²) in [5.41, 5.74) is 1.25. The van der Waals surface area contributed by atoms with E-state index in [1.807, 2.05) is 22.7 Å². The van der Waals surface area contributed by atoms with Crippen LogP contribution in [0, 0.1) is 0 Å². The van der Waals surface area contributed by atoms with E-state index in [-0.39, 0.29) is 5.91 Å². The van der Waals surface area contributed by atoms with Crippen molar-refractivity contribution in [1.82, 2.24) is 4.90 Å². The Balaban J connectivity index is 1.61. The summed E-state index contributed by atoms with van der Waals surface area (Å²) in [6.45, 7) is 1.94. The predicted octanol–water partition coefficient (Wildman–Crippen LogP) is 3.44. The van der Waals surface area contributed by atoms with Crippen molar-refractivity contribution >= 4 is 29.3 Å². The minimum atomic E-state index is 0.229. The van der Waals surface area contributed by atoms with Crippen molar-refractivity contribution in [3.63, 3.8) is 0 Å². The largest absolute Gasteiger partial charge is 0.454 e. The predicted molar refractivity (Wildman–Crippen MR) is 88.9 cm³/mol. The number of hydrogen-bond donors (Lipinski definition) is 0. The maximum Gasteiger partial charge on any atom is 0.231 e. The van der Waals surface area contributed by atoms with Crippen LogP contribution in [0.4, 0.5) is 0 Å². The van der Waals surface area contributed by atoms with Crippen LogP contribution in [0.3, 0.4) is 0 Å². The van der Waals surface area contributed by atoms with E-state index in [1.54, 1.807) is 0 Å². The van der Waals surface area contributed by atoms with Gasteiger partial charge in [0.15, 0.2) is 11.5 Å². The van der Waals surface area contributed by atoms with Crippen molar-refractivity contribution < 1.29 is 14.3 Å². The first-order valence-corrected chi connectivity index (χ1v) is 9.21. The van der Waals surface area contributed by atoms with Gasteiger partial charge >= 0.3 is 0 Å². The van der Waals surface area contributed by atoms with E-state index in [0.717, 1.165) is 43.2 Å². The Labute approximate surface area is 140 Å². The zero-order valence-corrected chi connectivity index (χ0v) is 14.0. The Bertz CT molecular complexity index is 540. The molecule has 6 heteroatoms. The minimum Gasteiger partial charge on any atom is -0.454 e. The molecule has 0 aromatic heterocycles. The molecule has 1 amide bonds. The zero-order chi connectivity index (χ0) is 15.4. The van der Waals surface area contributed by atoms with Gasteiger partial charge in [-0.25, -0.2) is 0 Å². The average molecular weight is 342 g/mol. The molecule has 0 radical (unpaired) electrons. The van der Waals surface area contributed by atoms with Gasteiger partial charge in [0.05, 0.1) is 0 Å². The quantitative estimate of drug-likeness (QED) is 0.786. The topological polar surface area (TPSA) is 38.8 Å². The molecule has 22 heavy (non-hydrogen) atoms. The van der Waals surface area contributed by atoms with Crippen LogP contribution in [0.15, 0.2) is 18.2 Å². The number of fused-ring (bicyclic) bond motifs is 1. The second kappa shape index (κ2) is 7.47. The van der Waals surface area contributed by atoms with Crippen LogP contribution in [0.1, 0.15) is 30.1 Å². The molecule has 0 bridgehead atoms. The summed E-state index contributed by atoms with van der Waals surface area (Å²) in [6.07, 6.45) is 2.29. The summed E-state index contributed by atoms with van der Waals surface area (Å²) in [4.78, 5) is 14.1. The van der Waals surface area contributed by atoms with Gasteiger partial charge in [-0.1, -0.05) is 6.07 Å². The maximum atomic E-state index is 12.1. The molecule has 0 N–H and O–H groups in total. The Hall–Kier alpha value is -1.07. The minimum absolute atomic E-state index is 0.229. The van der Waals surface area contributed by atoms with Gasteiger partial charge in [0.1, 0.15) is 0 Å².